The summed E-state index contributed by atoms with van der Waals surface area (Å²) < 4.78 is 25.9. The Morgan fingerprint density at radius 2 is 2.12 bits per heavy atom. The maximum absolute atomic E-state index is 14.3. The standard InChI is InChI=1S/C16H12FN5O2/c17-13-7-11(1-2-15(13)22-5-4-18-10-22)14-8-12(24-20-14)9-19-16-3-6-23-21-16/h1-8,10H,9H2,(H,19,21). The monoisotopic (exact) mass is 325 g/mol. The minimum atomic E-state index is -0.365. The normalized spacial score (nSPS) is 10.9. The molecule has 0 saturated heterocycles. The molecule has 0 aliphatic rings. The molecule has 3 heterocycles. The Morgan fingerprint density at radius 1 is 1.17 bits per heavy atom. The first-order chi connectivity index (χ1) is 11.8. The zero-order valence-electron chi connectivity index (χ0n) is 12.4. The number of benzene rings is 1. The molecule has 3 aromatic heterocycles. The van der Waals surface area contributed by atoms with Gasteiger partial charge >= 0.3 is 0 Å². The maximum Gasteiger partial charge on any atom is 0.169 e. The molecule has 8 heteroatoms. The molecule has 0 radical (unpaired) electrons. The molecule has 1 N–H and O–H groups in total. The minimum Gasteiger partial charge on any atom is -0.363 e. The molecule has 0 amide bonds. The first kappa shape index (κ1) is 14.2. The molecule has 0 bridgehead atoms. The van der Waals surface area contributed by atoms with Crippen molar-refractivity contribution in [1.82, 2.24) is 19.9 Å². The molecule has 24 heavy (non-hydrogen) atoms. The lowest BCUT2D eigenvalue weighted by atomic mass is 10.1. The molecule has 0 unspecified atom stereocenters. The Labute approximate surface area is 135 Å². The molecule has 4 aromatic rings. The van der Waals surface area contributed by atoms with Crippen LogP contribution in [0.15, 0.2) is 64.4 Å². The molecule has 1 aromatic carbocycles. The van der Waals surface area contributed by atoms with Crippen LogP contribution in [0.3, 0.4) is 0 Å². The highest BCUT2D eigenvalue weighted by Crippen LogP contribution is 2.24. The van der Waals surface area contributed by atoms with Crippen LogP contribution in [-0.4, -0.2) is 19.9 Å². The van der Waals surface area contributed by atoms with Crippen molar-refractivity contribution in [1.29, 1.82) is 0 Å². The summed E-state index contributed by atoms with van der Waals surface area (Å²) in [5.74, 6) is 0.839. The number of rotatable bonds is 5. The number of hydrogen-bond donors (Lipinski definition) is 1. The number of halogens is 1. The Hall–Kier alpha value is -3.42. The largest absolute Gasteiger partial charge is 0.363 e. The van der Waals surface area contributed by atoms with E-state index in [4.69, 9.17) is 9.05 Å². The van der Waals surface area contributed by atoms with Crippen LogP contribution in [0.5, 0.6) is 0 Å². The van der Waals surface area contributed by atoms with Gasteiger partial charge in [-0.1, -0.05) is 16.4 Å². The van der Waals surface area contributed by atoms with E-state index in [-0.39, 0.29) is 5.82 Å². The van der Waals surface area contributed by atoms with Gasteiger partial charge < -0.3 is 18.9 Å². The van der Waals surface area contributed by atoms with Gasteiger partial charge in [0.2, 0.25) is 0 Å². The number of hydrogen-bond acceptors (Lipinski definition) is 6. The van der Waals surface area contributed by atoms with Gasteiger partial charge in [-0.3, -0.25) is 0 Å². The maximum atomic E-state index is 14.3. The van der Waals surface area contributed by atoms with Crippen molar-refractivity contribution in [3.05, 3.63) is 66.9 Å². The summed E-state index contributed by atoms with van der Waals surface area (Å²) in [4.78, 5) is 3.92. The van der Waals surface area contributed by atoms with Crippen molar-refractivity contribution < 1.29 is 13.4 Å². The average molecular weight is 325 g/mol. The summed E-state index contributed by atoms with van der Waals surface area (Å²) in [6.07, 6.45) is 6.29. The molecule has 0 aliphatic heterocycles. The molecule has 0 atom stereocenters. The predicted molar refractivity (Wildman–Crippen MR) is 82.8 cm³/mol. The number of nitrogens with zero attached hydrogens (tertiary/aromatic N) is 4. The van der Waals surface area contributed by atoms with Crippen LogP contribution >= 0.6 is 0 Å². The van der Waals surface area contributed by atoms with Crippen LogP contribution in [0.1, 0.15) is 5.76 Å². The molecule has 7 nitrogen and oxygen atoms in total. The van der Waals surface area contributed by atoms with E-state index in [0.29, 0.717) is 35.1 Å². The van der Waals surface area contributed by atoms with E-state index in [9.17, 15) is 4.39 Å². The fraction of sp³-hybridized carbons (Fsp3) is 0.0625. The van der Waals surface area contributed by atoms with Crippen LogP contribution in [0.25, 0.3) is 16.9 Å². The van der Waals surface area contributed by atoms with Crippen LogP contribution in [0, 0.1) is 5.82 Å². The van der Waals surface area contributed by atoms with Gasteiger partial charge in [0.05, 0.1) is 18.6 Å². The van der Waals surface area contributed by atoms with Gasteiger partial charge in [0, 0.05) is 30.1 Å². The van der Waals surface area contributed by atoms with Gasteiger partial charge in [-0.05, 0) is 12.1 Å². The molecule has 4 rings (SSSR count). The lowest BCUT2D eigenvalue weighted by Crippen LogP contribution is -1.97. The molecule has 0 spiro atoms. The average Bonchev–Trinajstić information content (AvgIpc) is 3.34. The number of imidazole rings is 1. The van der Waals surface area contributed by atoms with Gasteiger partial charge in [0.25, 0.3) is 0 Å². The third-order valence-corrected chi connectivity index (χ3v) is 3.47. The quantitative estimate of drug-likeness (QED) is 0.606. The smallest absolute Gasteiger partial charge is 0.169 e. The molecular formula is C16H12FN5O2. The highest BCUT2D eigenvalue weighted by atomic mass is 19.1. The Bertz CT molecular complexity index is 931. The fourth-order valence-electron chi connectivity index (χ4n) is 2.29. The van der Waals surface area contributed by atoms with E-state index in [1.54, 1.807) is 47.6 Å². The molecule has 0 fully saturated rings. The van der Waals surface area contributed by atoms with Crippen molar-refractivity contribution in [2.24, 2.45) is 0 Å². The van der Waals surface area contributed by atoms with Gasteiger partial charge in [0.1, 0.15) is 17.8 Å². The van der Waals surface area contributed by atoms with E-state index >= 15 is 0 Å². The van der Waals surface area contributed by atoms with Gasteiger partial charge in [-0.15, -0.1) is 0 Å². The van der Waals surface area contributed by atoms with E-state index in [0.717, 1.165) is 0 Å². The van der Waals surface area contributed by atoms with E-state index in [1.807, 2.05) is 0 Å². The molecule has 0 aliphatic carbocycles. The van der Waals surface area contributed by atoms with Crippen molar-refractivity contribution in [2.75, 3.05) is 5.32 Å². The summed E-state index contributed by atoms with van der Waals surface area (Å²) >= 11 is 0. The SMILES string of the molecule is Fc1cc(-c2cc(CNc3ccon3)on2)ccc1-n1ccnc1. The lowest BCUT2D eigenvalue weighted by Gasteiger charge is -2.05. The van der Waals surface area contributed by atoms with Gasteiger partial charge in [0.15, 0.2) is 11.6 Å². The van der Waals surface area contributed by atoms with Crippen molar-refractivity contribution >= 4 is 5.82 Å². The molecular weight excluding hydrogens is 313 g/mol. The fourth-order valence-corrected chi connectivity index (χ4v) is 2.29. The summed E-state index contributed by atoms with van der Waals surface area (Å²) in [5, 5.41) is 10.7. The first-order valence-corrected chi connectivity index (χ1v) is 7.18. The van der Waals surface area contributed by atoms with E-state index in [1.165, 1.54) is 12.3 Å². The number of nitrogens with one attached hydrogen (secondary N) is 1. The summed E-state index contributed by atoms with van der Waals surface area (Å²) in [7, 11) is 0. The predicted octanol–water partition coefficient (Wildman–Crippen LogP) is 3.27. The third kappa shape index (κ3) is 2.76. The van der Waals surface area contributed by atoms with Crippen molar-refractivity contribution in [3.8, 4) is 16.9 Å². The Morgan fingerprint density at radius 3 is 2.88 bits per heavy atom. The molecule has 0 saturated carbocycles. The second-order valence-corrected chi connectivity index (χ2v) is 5.05. The van der Waals surface area contributed by atoms with E-state index < -0.39 is 0 Å². The zero-order chi connectivity index (χ0) is 16.4. The second kappa shape index (κ2) is 5.99. The Balaban J connectivity index is 1.53. The van der Waals surface area contributed by atoms with Crippen LogP contribution in [0.2, 0.25) is 0 Å². The third-order valence-electron chi connectivity index (χ3n) is 3.47. The summed E-state index contributed by atoms with van der Waals surface area (Å²) in [6.45, 7) is 0.398. The Kier molecular flexibility index (Phi) is 3.54. The summed E-state index contributed by atoms with van der Waals surface area (Å²) in [6, 6.07) is 8.32. The lowest BCUT2D eigenvalue weighted by molar-refractivity contribution is 0.389. The van der Waals surface area contributed by atoms with Gasteiger partial charge in [-0.25, -0.2) is 9.37 Å². The summed E-state index contributed by atoms with van der Waals surface area (Å²) in [5.41, 5.74) is 1.61. The van der Waals surface area contributed by atoms with Crippen molar-refractivity contribution in [2.45, 2.75) is 6.54 Å². The van der Waals surface area contributed by atoms with Crippen LogP contribution in [0.4, 0.5) is 10.2 Å². The minimum absolute atomic E-state index is 0.365. The zero-order valence-corrected chi connectivity index (χ0v) is 12.4. The van der Waals surface area contributed by atoms with Crippen molar-refractivity contribution in [3.63, 3.8) is 0 Å². The van der Waals surface area contributed by atoms with Crippen LogP contribution in [-0.2, 0) is 6.54 Å². The second-order valence-electron chi connectivity index (χ2n) is 5.05. The van der Waals surface area contributed by atoms with Crippen LogP contribution < -0.4 is 5.32 Å². The molecule has 120 valence electrons. The first-order valence-electron chi connectivity index (χ1n) is 7.18. The highest BCUT2D eigenvalue weighted by molar-refractivity contribution is 5.61. The topological polar surface area (TPSA) is 81.9 Å². The van der Waals surface area contributed by atoms with E-state index in [2.05, 4.69) is 20.6 Å². The highest BCUT2D eigenvalue weighted by Gasteiger charge is 2.11. The van der Waals surface area contributed by atoms with Gasteiger partial charge in [-0.2, -0.15) is 0 Å². The number of aromatic nitrogens is 4. The number of anilines is 1.